The van der Waals surface area contributed by atoms with Crippen molar-refractivity contribution in [3.05, 3.63) is 77.9 Å². The van der Waals surface area contributed by atoms with Crippen molar-refractivity contribution in [1.82, 2.24) is 5.32 Å². The molecule has 3 aromatic carbocycles. The van der Waals surface area contributed by atoms with E-state index in [1.54, 1.807) is 48.5 Å². The molecule has 0 bridgehead atoms. The highest BCUT2D eigenvalue weighted by Gasteiger charge is 2.21. The van der Waals surface area contributed by atoms with Crippen molar-refractivity contribution in [2.45, 2.75) is 26.3 Å². The summed E-state index contributed by atoms with van der Waals surface area (Å²) in [6, 6.07) is 17.6. The molecule has 4 amide bonds. The van der Waals surface area contributed by atoms with E-state index in [0.29, 0.717) is 40.7 Å². The molecule has 228 valence electrons. The van der Waals surface area contributed by atoms with E-state index in [9.17, 15) is 24.3 Å². The van der Waals surface area contributed by atoms with Gasteiger partial charge in [0.25, 0.3) is 0 Å². The lowest BCUT2D eigenvalue weighted by atomic mass is 10.0. The molecule has 0 radical (unpaired) electrons. The molecule has 12 heteroatoms. The molecule has 43 heavy (non-hydrogen) atoms. The summed E-state index contributed by atoms with van der Waals surface area (Å²) in [5, 5.41) is 17.6. The van der Waals surface area contributed by atoms with Crippen LogP contribution in [0.3, 0.4) is 0 Å². The SMILES string of the molecule is COCCOCC(=O)NC(CC(=O)O)c1ccc(N(C(C)=O)c2ccc(NC(=O)Nc3ccccc3C)c(OC)c2)cc1. The fourth-order valence-electron chi connectivity index (χ4n) is 4.25. The Balaban J connectivity index is 1.78. The number of nitrogens with zero attached hydrogens (tertiary/aromatic N) is 1. The van der Waals surface area contributed by atoms with E-state index in [2.05, 4.69) is 16.0 Å². The zero-order valence-electron chi connectivity index (χ0n) is 24.5. The predicted molar refractivity (Wildman–Crippen MR) is 162 cm³/mol. The number of nitrogens with one attached hydrogen (secondary N) is 3. The maximum absolute atomic E-state index is 12.7. The van der Waals surface area contributed by atoms with Crippen molar-refractivity contribution < 1.29 is 38.5 Å². The van der Waals surface area contributed by atoms with Gasteiger partial charge in [0.15, 0.2) is 0 Å². The number of para-hydroxylation sites is 1. The number of hydrogen-bond donors (Lipinski definition) is 4. The molecule has 0 saturated heterocycles. The molecule has 1 atom stereocenters. The molecule has 3 rings (SSSR count). The fourth-order valence-corrected chi connectivity index (χ4v) is 4.25. The molecule has 4 N–H and O–H groups in total. The largest absolute Gasteiger partial charge is 0.494 e. The van der Waals surface area contributed by atoms with Gasteiger partial charge >= 0.3 is 12.0 Å². The number of methoxy groups -OCH3 is 2. The Labute approximate surface area is 249 Å². The van der Waals surface area contributed by atoms with Gasteiger partial charge in [-0.2, -0.15) is 0 Å². The molecule has 0 spiro atoms. The monoisotopic (exact) mass is 592 g/mol. The van der Waals surface area contributed by atoms with Gasteiger partial charge < -0.3 is 35.3 Å². The Kier molecular flexibility index (Phi) is 12.0. The molecule has 0 aromatic heterocycles. The number of aryl methyl sites for hydroxylation is 1. The number of urea groups is 1. The number of aliphatic carboxylic acids is 1. The first-order valence-electron chi connectivity index (χ1n) is 13.4. The molecule has 0 saturated carbocycles. The van der Waals surface area contributed by atoms with Crippen LogP contribution in [0.5, 0.6) is 5.75 Å². The Morgan fingerprint density at radius 1 is 0.884 bits per heavy atom. The number of hydrogen-bond acceptors (Lipinski definition) is 7. The van der Waals surface area contributed by atoms with E-state index in [0.717, 1.165) is 5.56 Å². The molecule has 1 unspecified atom stereocenters. The van der Waals surface area contributed by atoms with Crippen LogP contribution in [0.1, 0.15) is 30.5 Å². The normalized spacial score (nSPS) is 11.3. The number of carbonyl (C=O) groups excluding carboxylic acids is 3. The second-order valence-corrected chi connectivity index (χ2v) is 9.49. The fraction of sp³-hybridized carbons (Fsp3) is 0.290. The standard InChI is InChI=1S/C31H36N4O8/c1-20-7-5-6-8-25(20)33-31(40)34-26-14-13-24(17-28(26)42-4)35(21(2)36)23-11-9-22(10-12-23)27(18-30(38)39)32-29(37)19-43-16-15-41-3/h5-14,17,27H,15-16,18-19H2,1-4H3,(H,32,37)(H,38,39)(H2,33,34,40). The lowest BCUT2D eigenvalue weighted by molar-refractivity contribution is -0.138. The predicted octanol–water partition coefficient (Wildman–Crippen LogP) is 4.63. The van der Waals surface area contributed by atoms with Gasteiger partial charge in [-0.05, 0) is 48.4 Å². The number of amides is 4. The summed E-state index contributed by atoms with van der Waals surface area (Å²) in [5.41, 5.74) is 3.49. The van der Waals surface area contributed by atoms with Crippen LogP contribution in [0.4, 0.5) is 27.5 Å². The van der Waals surface area contributed by atoms with Gasteiger partial charge in [0.05, 0.1) is 44.2 Å². The van der Waals surface area contributed by atoms with E-state index in [1.165, 1.54) is 26.0 Å². The van der Waals surface area contributed by atoms with Gasteiger partial charge in [0.2, 0.25) is 11.8 Å². The van der Waals surface area contributed by atoms with E-state index in [4.69, 9.17) is 14.2 Å². The topological polar surface area (TPSA) is 156 Å². The van der Waals surface area contributed by atoms with Gasteiger partial charge in [0.1, 0.15) is 12.4 Å². The average Bonchev–Trinajstić information content (AvgIpc) is 2.97. The summed E-state index contributed by atoms with van der Waals surface area (Å²) in [4.78, 5) is 50.6. The maximum Gasteiger partial charge on any atom is 0.323 e. The van der Waals surface area contributed by atoms with Gasteiger partial charge in [-0.15, -0.1) is 0 Å². The summed E-state index contributed by atoms with van der Waals surface area (Å²) in [6.45, 7) is 3.60. The van der Waals surface area contributed by atoms with Crippen LogP contribution in [-0.2, 0) is 23.9 Å². The summed E-state index contributed by atoms with van der Waals surface area (Å²) < 4.78 is 15.6. The maximum atomic E-state index is 12.7. The Morgan fingerprint density at radius 2 is 1.56 bits per heavy atom. The lowest BCUT2D eigenvalue weighted by Gasteiger charge is -2.24. The Bertz CT molecular complexity index is 1430. The number of carboxylic acid groups (broad SMARTS) is 1. The van der Waals surface area contributed by atoms with Crippen LogP contribution in [0.2, 0.25) is 0 Å². The number of benzene rings is 3. The first-order valence-corrected chi connectivity index (χ1v) is 13.4. The molecule has 0 aliphatic carbocycles. The lowest BCUT2D eigenvalue weighted by Crippen LogP contribution is -2.33. The first-order chi connectivity index (χ1) is 20.6. The highest BCUT2D eigenvalue weighted by atomic mass is 16.5. The molecule has 0 aliphatic heterocycles. The number of carbonyl (C=O) groups is 4. The highest BCUT2D eigenvalue weighted by Crippen LogP contribution is 2.34. The second kappa shape index (κ2) is 15.9. The van der Waals surface area contributed by atoms with Crippen molar-refractivity contribution >= 4 is 46.6 Å². The van der Waals surface area contributed by atoms with Crippen LogP contribution in [0.25, 0.3) is 0 Å². The number of ether oxygens (including phenoxy) is 3. The van der Waals surface area contributed by atoms with Crippen LogP contribution in [0, 0.1) is 6.92 Å². The third-order valence-electron chi connectivity index (χ3n) is 6.33. The van der Waals surface area contributed by atoms with E-state index < -0.39 is 23.9 Å². The van der Waals surface area contributed by atoms with E-state index in [-0.39, 0.29) is 25.5 Å². The van der Waals surface area contributed by atoms with Crippen LogP contribution in [-0.4, -0.2) is 63.0 Å². The molecule has 12 nitrogen and oxygen atoms in total. The van der Waals surface area contributed by atoms with Gasteiger partial charge in [-0.3, -0.25) is 19.3 Å². The first kappa shape index (κ1) is 32.6. The smallest absolute Gasteiger partial charge is 0.323 e. The number of rotatable bonds is 14. The van der Waals surface area contributed by atoms with Crippen LogP contribution < -0.4 is 25.6 Å². The van der Waals surface area contributed by atoms with Crippen LogP contribution >= 0.6 is 0 Å². The van der Waals surface area contributed by atoms with Crippen molar-refractivity contribution in [2.24, 2.45) is 0 Å². The quantitative estimate of drug-likeness (QED) is 0.198. The summed E-state index contributed by atoms with van der Waals surface area (Å²) in [6.07, 6.45) is -0.345. The molecule has 0 fully saturated rings. The van der Waals surface area contributed by atoms with Crippen LogP contribution in [0.15, 0.2) is 66.7 Å². The third kappa shape index (κ3) is 9.55. The van der Waals surface area contributed by atoms with Crippen molar-refractivity contribution in [2.75, 3.05) is 49.6 Å². The summed E-state index contributed by atoms with van der Waals surface area (Å²) in [5.74, 6) is -1.52. The van der Waals surface area contributed by atoms with E-state index in [1.807, 2.05) is 25.1 Å². The summed E-state index contributed by atoms with van der Waals surface area (Å²) >= 11 is 0. The molecule has 0 heterocycles. The zero-order chi connectivity index (χ0) is 31.4. The second-order valence-electron chi connectivity index (χ2n) is 9.49. The van der Waals surface area contributed by atoms with Crippen molar-refractivity contribution in [1.29, 1.82) is 0 Å². The average molecular weight is 593 g/mol. The summed E-state index contributed by atoms with van der Waals surface area (Å²) in [7, 11) is 2.97. The Hall–Kier alpha value is -4.94. The zero-order valence-corrected chi connectivity index (χ0v) is 24.5. The van der Waals surface area contributed by atoms with Gasteiger partial charge in [0, 0.05) is 31.5 Å². The van der Waals surface area contributed by atoms with Crippen molar-refractivity contribution in [3.8, 4) is 5.75 Å². The third-order valence-corrected chi connectivity index (χ3v) is 6.33. The Morgan fingerprint density at radius 3 is 2.19 bits per heavy atom. The van der Waals surface area contributed by atoms with Gasteiger partial charge in [-0.25, -0.2) is 4.79 Å². The van der Waals surface area contributed by atoms with Crippen molar-refractivity contribution in [3.63, 3.8) is 0 Å². The minimum absolute atomic E-state index is 0.228. The van der Waals surface area contributed by atoms with E-state index >= 15 is 0 Å². The minimum Gasteiger partial charge on any atom is -0.494 e. The molecular formula is C31H36N4O8. The molecular weight excluding hydrogens is 556 g/mol. The molecule has 3 aromatic rings. The molecule has 0 aliphatic rings. The highest BCUT2D eigenvalue weighted by molar-refractivity contribution is 6.03. The number of carboxylic acids is 1. The minimum atomic E-state index is -1.09. The number of anilines is 4. The van der Waals surface area contributed by atoms with Gasteiger partial charge in [-0.1, -0.05) is 30.3 Å².